The summed E-state index contributed by atoms with van der Waals surface area (Å²) in [5.74, 6) is -0.0202. The van der Waals surface area contributed by atoms with Crippen molar-refractivity contribution in [3.63, 3.8) is 0 Å². The predicted octanol–water partition coefficient (Wildman–Crippen LogP) is 2.71. The van der Waals surface area contributed by atoms with E-state index in [4.69, 9.17) is 19.9 Å². The molecule has 0 aromatic heterocycles. The molecule has 4 heteroatoms. The highest BCUT2D eigenvalue weighted by Crippen LogP contribution is 2.48. The molecule has 0 spiro atoms. The molecule has 0 radical (unpaired) electrons. The van der Waals surface area contributed by atoms with Crippen molar-refractivity contribution in [2.75, 3.05) is 6.61 Å². The number of rotatable bonds is 4. The van der Waals surface area contributed by atoms with Crippen molar-refractivity contribution in [1.29, 1.82) is 0 Å². The standard InChI is InChI=1S/C18H27NO3/c1-12-14(11-20-10-13-8-6-5-7-9-13)15-16(18(12,4)19)22-17(2,3)21-15/h5-9,12,14-16H,10-11,19H2,1-4H3/t12-,14?,15+,16+,18+/m0/s1. The van der Waals surface area contributed by atoms with Gasteiger partial charge in [-0.1, -0.05) is 37.3 Å². The van der Waals surface area contributed by atoms with E-state index in [1.807, 2.05) is 32.0 Å². The Balaban J connectivity index is 1.65. The van der Waals surface area contributed by atoms with Gasteiger partial charge < -0.3 is 19.9 Å². The molecule has 4 nitrogen and oxygen atoms in total. The van der Waals surface area contributed by atoms with Gasteiger partial charge in [0.1, 0.15) is 6.10 Å². The number of hydrogen-bond donors (Lipinski definition) is 1. The van der Waals surface area contributed by atoms with Crippen LogP contribution in [0.5, 0.6) is 0 Å². The van der Waals surface area contributed by atoms with Crippen molar-refractivity contribution in [2.24, 2.45) is 17.6 Å². The van der Waals surface area contributed by atoms with E-state index < -0.39 is 5.79 Å². The van der Waals surface area contributed by atoms with Gasteiger partial charge in [0.15, 0.2) is 5.79 Å². The van der Waals surface area contributed by atoms with Gasteiger partial charge in [-0.25, -0.2) is 0 Å². The molecule has 1 aromatic rings. The fourth-order valence-corrected chi connectivity index (χ4v) is 3.71. The normalized spacial score (nSPS) is 39.9. The Morgan fingerprint density at radius 3 is 2.50 bits per heavy atom. The van der Waals surface area contributed by atoms with Crippen LogP contribution in [-0.2, 0) is 20.8 Å². The van der Waals surface area contributed by atoms with Crippen LogP contribution in [0.3, 0.4) is 0 Å². The topological polar surface area (TPSA) is 53.7 Å². The van der Waals surface area contributed by atoms with E-state index >= 15 is 0 Å². The maximum Gasteiger partial charge on any atom is 0.163 e. The molecule has 22 heavy (non-hydrogen) atoms. The summed E-state index contributed by atoms with van der Waals surface area (Å²) in [6.07, 6.45) is -0.0569. The van der Waals surface area contributed by atoms with Crippen LogP contribution in [0.1, 0.15) is 33.3 Å². The number of hydrogen-bond acceptors (Lipinski definition) is 4. The highest BCUT2D eigenvalue weighted by Gasteiger charge is 2.61. The van der Waals surface area contributed by atoms with Crippen molar-refractivity contribution in [3.8, 4) is 0 Å². The lowest BCUT2D eigenvalue weighted by Crippen LogP contribution is -2.51. The van der Waals surface area contributed by atoms with Crippen LogP contribution >= 0.6 is 0 Å². The summed E-state index contributed by atoms with van der Waals surface area (Å²) in [7, 11) is 0. The van der Waals surface area contributed by atoms with Gasteiger partial charge in [-0.15, -0.1) is 0 Å². The van der Waals surface area contributed by atoms with E-state index in [2.05, 4.69) is 26.0 Å². The smallest absolute Gasteiger partial charge is 0.163 e. The predicted molar refractivity (Wildman–Crippen MR) is 85.2 cm³/mol. The molecule has 1 aliphatic carbocycles. The first-order chi connectivity index (χ1) is 10.3. The molecule has 2 aliphatic rings. The Bertz CT molecular complexity index is 514. The minimum absolute atomic E-state index is 0.00998. The quantitative estimate of drug-likeness (QED) is 0.929. The third-order valence-electron chi connectivity index (χ3n) is 5.21. The van der Waals surface area contributed by atoms with Gasteiger partial charge in [0.25, 0.3) is 0 Å². The molecule has 3 rings (SSSR count). The summed E-state index contributed by atoms with van der Waals surface area (Å²) >= 11 is 0. The molecular weight excluding hydrogens is 278 g/mol. The Morgan fingerprint density at radius 2 is 1.82 bits per heavy atom. The Kier molecular flexibility index (Phi) is 4.06. The third-order valence-corrected chi connectivity index (χ3v) is 5.21. The van der Waals surface area contributed by atoms with Crippen molar-refractivity contribution in [2.45, 2.75) is 57.8 Å². The number of nitrogens with two attached hydrogens (primary N) is 1. The van der Waals surface area contributed by atoms with Crippen molar-refractivity contribution >= 4 is 0 Å². The summed E-state index contributed by atoms with van der Waals surface area (Å²) in [4.78, 5) is 0. The van der Waals surface area contributed by atoms with E-state index in [0.29, 0.717) is 13.2 Å². The average Bonchev–Trinajstić information content (AvgIpc) is 2.87. The highest BCUT2D eigenvalue weighted by atomic mass is 16.8. The lowest BCUT2D eigenvalue weighted by atomic mass is 9.86. The molecule has 1 aromatic carbocycles. The van der Waals surface area contributed by atoms with Crippen molar-refractivity contribution < 1.29 is 14.2 Å². The third kappa shape index (κ3) is 2.81. The second kappa shape index (κ2) is 5.60. The lowest BCUT2D eigenvalue weighted by molar-refractivity contribution is -0.170. The zero-order valence-electron chi connectivity index (χ0n) is 13.9. The minimum Gasteiger partial charge on any atom is -0.376 e. The highest BCUT2D eigenvalue weighted by molar-refractivity contribution is 5.14. The molecular formula is C18H27NO3. The lowest BCUT2D eigenvalue weighted by Gasteiger charge is -2.33. The van der Waals surface area contributed by atoms with Gasteiger partial charge in [0, 0.05) is 11.5 Å². The van der Waals surface area contributed by atoms with Gasteiger partial charge in [0.2, 0.25) is 0 Å². The van der Waals surface area contributed by atoms with Crippen LogP contribution < -0.4 is 5.73 Å². The fraction of sp³-hybridized carbons (Fsp3) is 0.667. The molecule has 0 bridgehead atoms. The van der Waals surface area contributed by atoms with Crippen LogP contribution in [0, 0.1) is 11.8 Å². The molecule has 1 heterocycles. The fourth-order valence-electron chi connectivity index (χ4n) is 3.71. The van der Waals surface area contributed by atoms with Gasteiger partial charge in [-0.3, -0.25) is 0 Å². The monoisotopic (exact) mass is 305 g/mol. The molecule has 1 saturated heterocycles. The maximum absolute atomic E-state index is 6.54. The average molecular weight is 305 g/mol. The summed E-state index contributed by atoms with van der Waals surface area (Å²) in [6.45, 7) is 9.41. The van der Waals surface area contributed by atoms with Crippen LogP contribution in [0.2, 0.25) is 0 Å². The van der Waals surface area contributed by atoms with Gasteiger partial charge in [-0.05, 0) is 32.3 Å². The molecule has 1 aliphatic heterocycles. The molecule has 2 N–H and O–H groups in total. The van der Waals surface area contributed by atoms with Crippen molar-refractivity contribution in [3.05, 3.63) is 35.9 Å². The van der Waals surface area contributed by atoms with Gasteiger partial charge in [0.05, 0.1) is 19.3 Å². The van der Waals surface area contributed by atoms with Crippen LogP contribution in [-0.4, -0.2) is 30.1 Å². The maximum atomic E-state index is 6.54. The Labute approximate surface area is 132 Å². The number of ether oxygens (including phenoxy) is 3. The zero-order valence-corrected chi connectivity index (χ0v) is 13.9. The summed E-state index contributed by atoms with van der Waals surface area (Å²) in [6, 6.07) is 10.2. The molecule has 122 valence electrons. The minimum atomic E-state index is -0.562. The zero-order chi connectivity index (χ0) is 16.0. The second-order valence-electron chi connectivity index (χ2n) is 7.34. The van der Waals surface area contributed by atoms with Crippen molar-refractivity contribution in [1.82, 2.24) is 0 Å². The molecule has 1 saturated carbocycles. The van der Waals surface area contributed by atoms with E-state index in [9.17, 15) is 0 Å². The molecule has 1 unspecified atom stereocenters. The SMILES string of the molecule is C[C@H]1C(COCc2ccccc2)[C@H]2OC(C)(C)O[C@H]2[C@]1(C)N. The summed E-state index contributed by atoms with van der Waals surface area (Å²) < 4.78 is 18.1. The number of benzene rings is 1. The van der Waals surface area contributed by atoms with Gasteiger partial charge >= 0.3 is 0 Å². The first-order valence-corrected chi connectivity index (χ1v) is 8.07. The molecule has 2 fully saturated rings. The summed E-state index contributed by atoms with van der Waals surface area (Å²) in [5, 5.41) is 0. The molecule has 0 amide bonds. The van der Waals surface area contributed by atoms with E-state index in [1.165, 1.54) is 5.56 Å². The Hall–Kier alpha value is -0.940. The van der Waals surface area contributed by atoms with Gasteiger partial charge in [-0.2, -0.15) is 0 Å². The van der Waals surface area contributed by atoms with Crippen LogP contribution in [0.4, 0.5) is 0 Å². The largest absolute Gasteiger partial charge is 0.376 e. The van der Waals surface area contributed by atoms with Crippen LogP contribution in [0.15, 0.2) is 30.3 Å². The Morgan fingerprint density at radius 1 is 1.14 bits per heavy atom. The second-order valence-corrected chi connectivity index (χ2v) is 7.34. The van der Waals surface area contributed by atoms with Crippen LogP contribution in [0.25, 0.3) is 0 Å². The van der Waals surface area contributed by atoms with E-state index in [0.717, 1.165) is 0 Å². The first kappa shape index (κ1) is 15.9. The number of fused-ring (bicyclic) bond motifs is 1. The molecule has 5 atom stereocenters. The van der Waals surface area contributed by atoms with E-state index in [1.54, 1.807) is 0 Å². The summed E-state index contributed by atoms with van der Waals surface area (Å²) in [5.41, 5.74) is 7.33. The van der Waals surface area contributed by atoms with E-state index in [-0.39, 0.29) is 29.6 Å². The first-order valence-electron chi connectivity index (χ1n) is 8.07.